The minimum Gasteiger partial charge on any atom is -0.468 e. The van der Waals surface area contributed by atoms with E-state index in [4.69, 9.17) is 16.0 Å². The second-order valence-electron chi connectivity index (χ2n) is 4.29. The summed E-state index contributed by atoms with van der Waals surface area (Å²) in [5, 5.41) is 0. The lowest BCUT2D eigenvalue weighted by atomic mass is 10.4. The van der Waals surface area contributed by atoms with Gasteiger partial charge in [-0.1, -0.05) is 22.9 Å². The molecule has 0 unspecified atom stereocenters. The van der Waals surface area contributed by atoms with Crippen molar-refractivity contribution in [1.29, 1.82) is 0 Å². The maximum absolute atomic E-state index is 12.5. The van der Waals surface area contributed by atoms with Crippen molar-refractivity contribution in [2.75, 3.05) is 0 Å². The number of aromatic nitrogens is 1. The van der Waals surface area contributed by atoms with Crippen molar-refractivity contribution in [2.45, 2.75) is 29.6 Å². The molecule has 102 valence electrons. The van der Waals surface area contributed by atoms with Crippen molar-refractivity contribution >= 4 is 33.0 Å². The second kappa shape index (κ2) is 4.90. The zero-order valence-electron chi connectivity index (χ0n) is 9.82. The molecular weight excluding hydrogens is 308 g/mol. The number of hydrogen-bond acceptors (Lipinski definition) is 5. The monoisotopic (exact) mass is 318 g/mol. The summed E-state index contributed by atoms with van der Waals surface area (Å²) in [5.74, 6) is 0.631. The van der Waals surface area contributed by atoms with Crippen molar-refractivity contribution in [3.05, 3.63) is 34.8 Å². The van der Waals surface area contributed by atoms with Crippen LogP contribution in [0.25, 0.3) is 0 Å². The van der Waals surface area contributed by atoms with Crippen molar-refractivity contribution < 1.29 is 12.8 Å². The average Bonchev–Trinajstić information content (AvgIpc) is 2.88. The fourth-order valence-electron chi connectivity index (χ4n) is 1.80. The van der Waals surface area contributed by atoms with Crippen LogP contribution in [-0.2, 0) is 16.6 Å². The van der Waals surface area contributed by atoms with Crippen LogP contribution in [0.15, 0.2) is 33.2 Å². The van der Waals surface area contributed by atoms with Gasteiger partial charge in [0.05, 0.1) is 19.0 Å². The highest BCUT2D eigenvalue weighted by atomic mass is 35.5. The van der Waals surface area contributed by atoms with Gasteiger partial charge in [-0.2, -0.15) is 4.31 Å². The third-order valence-electron chi connectivity index (χ3n) is 2.87. The van der Waals surface area contributed by atoms with Crippen molar-refractivity contribution in [2.24, 2.45) is 0 Å². The topological polar surface area (TPSA) is 63.4 Å². The molecule has 0 spiro atoms. The van der Waals surface area contributed by atoms with E-state index in [9.17, 15) is 8.42 Å². The number of furan rings is 1. The summed E-state index contributed by atoms with van der Waals surface area (Å²) in [6, 6.07) is 3.57. The van der Waals surface area contributed by atoms with Gasteiger partial charge in [0.25, 0.3) is 10.0 Å². The molecule has 3 rings (SSSR count). The molecule has 1 fully saturated rings. The third-order valence-corrected chi connectivity index (χ3v) is 6.32. The van der Waals surface area contributed by atoms with Crippen LogP contribution in [0.4, 0.5) is 0 Å². The van der Waals surface area contributed by atoms with Crippen LogP contribution in [0, 0.1) is 0 Å². The fraction of sp³-hybridized carbons (Fsp3) is 0.364. The van der Waals surface area contributed by atoms with E-state index in [2.05, 4.69) is 4.98 Å². The van der Waals surface area contributed by atoms with Crippen LogP contribution in [0.3, 0.4) is 0 Å². The summed E-state index contributed by atoms with van der Waals surface area (Å²) >= 11 is 6.69. The first kappa shape index (κ1) is 13.1. The first-order valence-electron chi connectivity index (χ1n) is 5.73. The number of nitrogens with zero attached hydrogens (tertiary/aromatic N) is 2. The Morgan fingerprint density at radius 2 is 2.32 bits per heavy atom. The SMILES string of the molecule is O=S(=O)(c1cnc(Cl)s1)N(Cc1ccco1)C1CC1. The summed E-state index contributed by atoms with van der Waals surface area (Å²) in [6.07, 6.45) is 4.61. The van der Waals surface area contributed by atoms with E-state index in [0.29, 0.717) is 5.76 Å². The van der Waals surface area contributed by atoms with Gasteiger partial charge in [0.1, 0.15) is 5.76 Å². The molecule has 2 aromatic heterocycles. The molecule has 19 heavy (non-hydrogen) atoms. The van der Waals surface area contributed by atoms with Gasteiger partial charge >= 0.3 is 0 Å². The van der Waals surface area contributed by atoms with Gasteiger partial charge in [-0.15, -0.1) is 0 Å². The number of rotatable bonds is 5. The van der Waals surface area contributed by atoms with Crippen LogP contribution < -0.4 is 0 Å². The lowest BCUT2D eigenvalue weighted by Crippen LogP contribution is -2.32. The third kappa shape index (κ3) is 2.69. The highest BCUT2D eigenvalue weighted by Gasteiger charge is 2.39. The highest BCUT2D eigenvalue weighted by Crippen LogP contribution is 2.35. The molecule has 2 aromatic rings. The Hall–Kier alpha value is -0.890. The van der Waals surface area contributed by atoms with E-state index in [0.717, 1.165) is 24.2 Å². The van der Waals surface area contributed by atoms with Crippen LogP contribution in [-0.4, -0.2) is 23.7 Å². The van der Waals surface area contributed by atoms with Gasteiger partial charge < -0.3 is 4.42 Å². The summed E-state index contributed by atoms with van der Waals surface area (Å²) in [5.41, 5.74) is 0. The van der Waals surface area contributed by atoms with E-state index in [1.807, 2.05) is 0 Å². The maximum Gasteiger partial charge on any atom is 0.254 e. The Bertz CT molecular complexity index is 662. The van der Waals surface area contributed by atoms with Crippen LogP contribution in [0.2, 0.25) is 4.47 Å². The molecule has 0 saturated heterocycles. The Kier molecular flexibility index (Phi) is 3.38. The number of halogens is 1. The number of thiazole rings is 1. The second-order valence-corrected chi connectivity index (χ2v) is 8.02. The lowest BCUT2D eigenvalue weighted by molar-refractivity contribution is 0.357. The summed E-state index contributed by atoms with van der Waals surface area (Å²) in [6.45, 7) is 0.246. The minimum absolute atomic E-state index is 0.0518. The first-order chi connectivity index (χ1) is 9.07. The summed E-state index contributed by atoms with van der Waals surface area (Å²) in [7, 11) is -3.55. The highest BCUT2D eigenvalue weighted by molar-refractivity contribution is 7.91. The Balaban J connectivity index is 1.91. The van der Waals surface area contributed by atoms with Gasteiger partial charge in [0.15, 0.2) is 8.68 Å². The predicted octanol–water partition coefficient (Wildman–Crippen LogP) is 2.74. The standard InChI is InChI=1S/C11H11ClN2O3S2/c12-11-13-6-10(18-11)19(15,16)14(8-3-4-8)7-9-2-1-5-17-9/h1-2,5-6,8H,3-4,7H2. The van der Waals surface area contributed by atoms with Crippen molar-refractivity contribution in [3.63, 3.8) is 0 Å². The summed E-state index contributed by atoms with van der Waals surface area (Å²) < 4.78 is 32.2. The largest absolute Gasteiger partial charge is 0.468 e. The smallest absolute Gasteiger partial charge is 0.254 e. The molecule has 0 aromatic carbocycles. The van der Waals surface area contributed by atoms with Crippen molar-refractivity contribution in [1.82, 2.24) is 9.29 Å². The molecular formula is C11H11ClN2O3S2. The number of sulfonamides is 1. The van der Waals surface area contributed by atoms with Gasteiger partial charge in [-0.05, 0) is 25.0 Å². The average molecular weight is 319 g/mol. The van der Waals surface area contributed by atoms with Gasteiger partial charge in [0, 0.05) is 6.04 Å². The van der Waals surface area contributed by atoms with E-state index in [1.54, 1.807) is 12.1 Å². The van der Waals surface area contributed by atoms with E-state index >= 15 is 0 Å². The normalized spacial score (nSPS) is 16.1. The van der Waals surface area contributed by atoms with E-state index in [-0.39, 0.29) is 21.3 Å². The molecule has 0 bridgehead atoms. The van der Waals surface area contributed by atoms with Gasteiger partial charge in [0.2, 0.25) is 0 Å². The van der Waals surface area contributed by atoms with E-state index in [1.165, 1.54) is 16.8 Å². The Labute approximate surface area is 119 Å². The molecule has 2 heterocycles. The molecule has 0 amide bonds. The van der Waals surface area contributed by atoms with Crippen LogP contribution >= 0.6 is 22.9 Å². The van der Waals surface area contributed by atoms with Crippen molar-refractivity contribution in [3.8, 4) is 0 Å². The number of hydrogen-bond donors (Lipinski definition) is 0. The van der Waals surface area contributed by atoms with Crippen LogP contribution in [0.5, 0.6) is 0 Å². The predicted molar refractivity (Wildman–Crippen MR) is 71.6 cm³/mol. The van der Waals surface area contributed by atoms with Gasteiger partial charge in [-0.25, -0.2) is 13.4 Å². The fourth-order valence-corrected chi connectivity index (χ4v) is 4.88. The van der Waals surface area contributed by atoms with E-state index < -0.39 is 10.0 Å². The molecule has 1 aliphatic rings. The molecule has 0 N–H and O–H groups in total. The molecule has 0 radical (unpaired) electrons. The molecule has 1 aliphatic carbocycles. The molecule has 8 heteroatoms. The maximum atomic E-state index is 12.5. The first-order valence-corrected chi connectivity index (χ1v) is 8.36. The lowest BCUT2D eigenvalue weighted by Gasteiger charge is -2.19. The van der Waals surface area contributed by atoms with Crippen LogP contribution in [0.1, 0.15) is 18.6 Å². The Morgan fingerprint density at radius 3 is 2.84 bits per heavy atom. The summed E-state index contributed by atoms with van der Waals surface area (Å²) in [4.78, 5) is 3.80. The molecule has 5 nitrogen and oxygen atoms in total. The zero-order valence-corrected chi connectivity index (χ0v) is 12.2. The minimum atomic E-state index is -3.55. The molecule has 0 aliphatic heterocycles. The quantitative estimate of drug-likeness (QED) is 0.850. The zero-order chi connectivity index (χ0) is 13.5. The Morgan fingerprint density at radius 1 is 1.53 bits per heavy atom. The molecule has 1 saturated carbocycles. The molecule has 0 atom stereocenters. The van der Waals surface area contributed by atoms with Gasteiger partial charge in [-0.3, -0.25) is 0 Å².